The summed E-state index contributed by atoms with van der Waals surface area (Å²) in [5, 5.41) is 3.30. The van der Waals surface area contributed by atoms with Gasteiger partial charge in [0, 0.05) is 16.5 Å². The fourth-order valence-electron chi connectivity index (χ4n) is 1.97. The molecule has 19 heavy (non-hydrogen) atoms. The number of aromatic nitrogens is 1. The lowest BCUT2D eigenvalue weighted by Gasteiger charge is -2.03. The Labute approximate surface area is 122 Å². The Morgan fingerprint density at radius 1 is 1.37 bits per heavy atom. The monoisotopic (exact) mass is 322 g/mol. The Balaban J connectivity index is 2.06. The highest BCUT2D eigenvalue weighted by Gasteiger charge is 2.10. The number of aryl methyl sites for hydroxylation is 1. The van der Waals surface area contributed by atoms with Crippen LogP contribution in [0.2, 0.25) is 0 Å². The molecular formula is C15H19BrN2O. The van der Waals surface area contributed by atoms with E-state index in [2.05, 4.69) is 46.1 Å². The molecule has 0 radical (unpaired) electrons. The average Bonchev–Trinajstić information content (AvgIpc) is 2.87. The molecule has 0 saturated carbocycles. The van der Waals surface area contributed by atoms with Crippen molar-refractivity contribution in [2.45, 2.75) is 26.7 Å². The Morgan fingerprint density at radius 2 is 2.21 bits per heavy atom. The van der Waals surface area contributed by atoms with Gasteiger partial charge in [-0.2, -0.15) is 0 Å². The molecule has 0 atom stereocenters. The van der Waals surface area contributed by atoms with Crippen LogP contribution in [0, 0.1) is 6.92 Å². The molecule has 1 aromatic carbocycles. The molecule has 4 heteroatoms. The Morgan fingerprint density at radius 3 is 3.00 bits per heavy atom. The Hall–Kier alpha value is -1.13. The Kier molecular flexibility index (Phi) is 5.16. The highest BCUT2D eigenvalue weighted by molar-refractivity contribution is 9.10. The molecule has 102 valence electrons. The van der Waals surface area contributed by atoms with Gasteiger partial charge in [-0.25, -0.2) is 4.98 Å². The fraction of sp³-hybridized carbons (Fsp3) is 0.400. The first-order valence-corrected chi connectivity index (χ1v) is 7.42. The molecule has 1 heterocycles. The maximum Gasteiger partial charge on any atom is 0.194 e. The van der Waals surface area contributed by atoms with Gasteiger partial charge in [0.25, 0.3) is 0 Å². The molecular weight excluding hydrogens is 304 g/mol. The van der Waals surface area contributed by atoms with Crippen molar-refractivity contribution in [2.24, 2.45) is 0 Å². The van der Waals surface area contributed by atoms with Gasteiger partial charge in [-0.05, 0) is 38.1 Å². The van der Waals surface area contributed by atoms with Crippen LogP contribution in [-0.4, -0.2) is 18.1 Å². The summed E-state index contributed by atoms with van der Waals surface area (Å²) in [7, 11) is 0. The molecule has 0 fully saturated rings. The molecule has 0 amide bonds. The van der Waals surface area contributed by atoms with Crippen LogP contribution in [0.3, 0.4) is 0 Å². The lowest BCUT2D eigenvalue weighted by Crippen LogP contribution is -2.14. The van der Waals surface area contributed by atoms with Crippen molar-refractivity contribution in [2.75, 3.05) is 13.1 Å². The first-order chi connectivity index (χ1) is 9.22. The van der Waals surface area contributed by atoms with E-state index in [9.17, 15) is 0 Å². The number of hydrogen-bond donors (Lipinski definition) is 1. The van der Waals surface area contributed by atoms with Crippen molar-refractivity contribution in [3.63, 3.8) is 0 Å². The maximum absolute atomic E-state index is 5.83. The maximum atomic E-state index is 5.83. The van der Waals surface area contributed by atoms with Gasteiger partial charge in [-0.15, -0.1) is 0 Å². The van der Waals surface area contributed by atoms with Crippen molar-refractivity contribution in [1.29, 1.82) is 0 Å². The summed E-state index contributed by atoms with van der Waals surface area (Å²) >= 11 is 3.54. The average molecular weight is 323 g/mol. The molecule has 0 bridgehead atoms. The van der Waals surface area contributed by atoms with E-state index in [4.69, 9.17) is 4.42 Å². The zero-order valence-corrected chi connectivity index (χ0v) is 13.0. The summed E-state index contributed by atoms with van der Waals surface area (Å²) in [6, 6.07) is 6.11. The van der Waals surface area contributed by atoms with E-state index in [-0.39, 0.29) is 0 Å². The molecule has 1 aromatic heterocycles. The van der Waals surface area contributed by atoms with E-state index < -0.39 is 0 Å². The molecule has 0 aliphatic carbocycles. The molecule has 0 aliphatic heterocycles. The van der Waals surface area contributed by atoms with Crippen LogP contribution < -0.4 is 5.32 Å². The van der Waals surface area contributed by atoms with E-state index >= 15 is 0 Å². The normalized spacial score (nSPS) is 10.9. The van der Waals surface area contributed by atoms with Crippen molar-refractivity contribution >= 4 is 15.9 Å². The van der Waals surface area contributed by atoms with Gasteiger partial charge in [0.15, 0.2) is 11.7 Å². The molecule has 2 rings (SSSR count). The summed E-state index contributed by atoms with van der Waals surface area (Å²) < 4.78 is 6.92. The number of benzene rings is 1. The topological polar surface area (TPSA) is 38.1 Å². The van der Waals surface area contributed by atoms with Crippen LogP contribution >= 0.6 is 15.9 Å². The van der Waals surface area contributed by atoms with Crippen LogP contribution in [0.5, 0.6) is 0 Å². The molecule has 1 N–H and O–H groups in total. The molecule has 0 saturated heterocycles. The van der Waals surface area contributed by atoms with E-state index in [1.807, 2.05) is 18.3 Å². The third-order valence-corrected chi connectivity index (χ3v) is 3.94. The number of halogens is 1. The minimum atomic E-state index is 0.812. The van der Waals surface area contributed by atoms with E-state index in [0.717, 1.165) is 47.6 Å². The van der Waals surface area contributed by atoms with Crippen LogP contribution in [0.25, 0.3) is 11.3 Å². The fourth-order valence-corrected chi connectivity index (χ4v) is 2.33. The standard InChI is InChI=1S/C15H19BrN2O/c1-3-17-9-5-8-15-18-10-14(19-15)12-6-4-7-13(16)11(12)2/h4,6-7,10,17H,3,5,8-9H2,1-2H3. The highest BCUT2D eigenvalue weighted by Crippen LogP contribution is 2.29. The predicted octanol–water partition coefficient (Wildman–Crippen LogP) is 3.95. The lowest BCUT2D eigenvalue weighted by atomic mass is 10.1. The van der Waals surface area contributed by atoms with Gasteiger partial charge < -0.3 is 9.73 Å². The van der Waals surface area contributed by atoms with E-state index in [0.29, 0.717) is 0 Å². The van der Waals surface area contributed by atoms with Crippen LogP contribution in [0.15, 0.2) is 33.3 Å². The zero-order chi connectivity index (χ0) is 13.7. The molecule has 0 spiro atoms. The van der Waals surface area contributed by atoms with Gasteiger partial charge in [-0.1, -0.05) is 35.0 Å². The van der Waals surface area contributed by atoms with Gasteiger partial charge in [0.05, 0.1) is 6.20 Å². The van der Waals surface area contributed by atoms with Crippen LogP contribution in [0.4, 0.5) is 0 Å². The van der Waals surface area contributed by atoms with E-state index in [1.54, 1.807) is 0 Å². The van der Waals surface area contributed by atoms with Crippen LogP contribution in [-0.2, 0) is 6.42 Å². The number of rotatable bonds is 6. The summed E-state index contributed by atoms with van der Waals surface area (Å²) in [5.74, 6) is 1.66. The van der Waals surface area contributed by atoms with Gasteiger partial charge in [-0.3, -0.25) is 0 Å². The van der Waals surface area contributed by atoms with Gasteiger partial charge >= 0.3 is 0 Å². The van der Waals surface area contributed by atoms with Crippen molar-refractivity contribution in [1.82, 2.24) is 10.3 Å². The van der Waals surface area contributed by atoms with Gasteiger partial charge in [0.1, 0.15) is 0 Å². The molecule has 3 nitrogen and oxygen atoms in total. The summed E-state index contributed by atoms with van der Waals surface area (Å²) in [5.41, 5.74) is 2.28. The summed E-state index contributed by atoms with van der Waals surface area (Å²) in [4.78, 5) is 4.35. The second-order valence-corrected chi connectivity index (χ2v) is 5.34. The molecule has 0 aliphatic rings. The predicted molar refractivity (Wildman–Crippen MR) is 81.2 cm³/mol. The van der Waals surface area contributed by atoms with Crippen molar-refractivity contribution in [3.8, 4) is 11.3 Å². The number of nitrogens with zero attached hydrogens (tertiary/aromatic N) is 1. The minimum Gasteiger partial charge on any atom is -0.441 e. The van der Waals surface area contributed by atoms with E-state index in [1.165, 1.54) is 5.56 Å². The first-order valence-electron chi connectivity index (χ1n) is 6.63. The first kappa shape index (κ1) is 14.3. The second-order valence-electron chi connectivity index (χ2n) is 4.49. The van der Waals surface area contributed by atoms with Crippen LogP contribution in [0.1, 0.15) is 24.8 Å². The summed E-state index contributed by atoms with van der Waals surface area (Å²) in [6.45, 7) is 6.20. The smallest absolute Gasteiger partial charge is 0.194 e. The largest absolute Gasteiger partial charge is 0.441 e. The SMILES string of the molecule is CCNCCCc1ncc(-c2cccc(Br)c2C)o1. The minimum absolute atomic E-state index is 0.812. The molecule has 2 aromatic rings. The van der Waals surface area contributed by atoms with Crippen molar-refractivity contribution in [3.05, 3.63) is 40.3 Å². The lowest BCUT2D eigenvalue weighted by molar-refractivity contribution is 0.493. The number of hydrogen-bond acceptors (Lipinski definition) is 3. The summed E-state index contributed by atoms with van der Waals surface area (Å²) in [6.07, 6.45) is 3.74. The second kappa shape index (κ2) is 6.87. The molecule has 0 unspecified atom stereocenters. The third kappa shape index (κ3) is 3.67. The quantitative estimate of drug-likeness (QED) is 0.818. The third-order valence-electron chi connectivity index (χ3n) is 3.08. The van der Waals surface area contributed by atoms with Gasteiger partial charge in [0.2, 0.25) is 0 Å². The number of nitrogens with one attached hydrogen (secondary N) is 1. The number of oxazole rings is 1. The van der Waals surface area contributed by atoms with Crippen molar-refractivity contribution < 1.29 is 4.42 Å². The zero-order valence-electron chi connectivity index (χ0n) is 11.4. The Bertz CT molecular complexity index is 537. The highest BCUT2D eigenvalue weighted by atomic mass is 79.9.